The molecule has 0 aliphatic carbocycles. The highest BCUT2D eigenvalue weighted by Crippen LogP contribution is 2.18. The molecule has 0 atom stereocenters. The van der Waals surface area contributed by atoms with Crippen molar-refractivity contribution in [2.75, 3.05) is 18.5 Å². The zero-order chi connectivity index (χ0) is 23.6. The van der Waals surface area contributed by atoms with Crippen LogP contribution in [-0.2, 0) is 17.6 Å². The van der Waals surface area contributed by atoms with E-state index in [9.17, 15) is 4.79 Å². The van der Waals surface area contributed by atoms with E-state index in [1.165, 1.54) is 10.9 Å². The van der Waals surface area contributed by atoms with Gasteiger partial charge in [-0.05, 0) is 61.2 Å². The molecule has 0 radical (unpaired) electrons. The van der Waals surface area contributed by atoms with E-state index >= 15 is 0 Å². The summed E-state index contributed by atoms with van der Waals surface area (Å²) in [6, 6.07) is 25.8. The lowest BCUT2D eigenvalue weighted by Crippen LogP contribution is -2.36. The molecular weight excluding hydrogens is 424 g/mol. The van der Waals surface area contributed by atoms with Crippen LogP contribution in [0.4, 0.5) is 5.69 Å². The number of aryl methyl sites for hydroxylation is 1. The van der Waals surface area contributed by atoms with E-state index in [2.05, 4.69) is 32.7 Å². The van der Waals surface area contributed by atoms with Crippen LogP contribution >= 0.6 is 0 Å². The van der Waals surface area contributed by atoms with Crippen molar-refractivity contribution in [1.29, 1.82) is 0 Å². The summed E-state index contributed by atoms with van der Waals surface area (Å²) >= 11 is 0. The van der Waals surface area contributed by atoms with Gasteiger partial charge in [-0.25, -0.2) is 0 Å². The highest BCUT2D eigenvalue weighted by Gasteiger charge is 2.09. The Morgan fingerprint density at radius 1 is 0.941 bits per heavy atom. The Kier molecular flexibility index (Phi) is 7.95. The zero-order valence-corrected chi connectivity index (χ0v) is 19.4. The standard InChI is InChI=1S/C28H30N4O2/c1-2-34-24-15-13-23(14-16-24)31-28(32-27(33)17-12-21-8-4-3-5-9-21)29-19-18-22-20-30-26-11-7-6-10-25(22)26/h3-11,13-16,20,30H,2,12,17-19H2,1H3,(H2,29,31,32,33). The Balaban J connectivity index is 1.42. The first-order valence-electron chi connectivity index (χ1n) is 11.6. The Morgan fingerprint density at radius 2 is 1.71 bits per heavy atom. The largest absolute Gasteiger partial charge is 0.494 e. The number of para-hydroxylation sites is 1. The van der Waals surface area contributed by atoms with Crippen molar-refractivity contribution in [3.63, 3.8) is 0 Å². The van der Waals surface area contributed by atoms with Gasteiger partial charge in [-0.1, -0.05) is 48.5 Å². The highest BCUT2D eigenvalue weighted by atomic mass is 16.5. The normalized spacial score (nSPS) is 11.4. The second kappa shape index (κ2) is 11.7. The van der Waals surface area contributed by atoms with Crippen molar-refractivity contribution < 1.29 is 9.53 Å². The molecule has 1 amide bonds. The third kappa shape index (κ3) is 6.48. The predicted octanol–water partition coefficient (Wildman–Crippen LogP) is 5.33. The molecule has 4 rings (SSSR count). The number of nitrogens with one attached hydrogen (secondary N) is 3. The van der Waals surface area contributed by atoms with E-state index in [1.54, 1.807) is 0 Å². The van der Waals surface area contributed by atoms with E-state index < -0.39 is 0 Å². The molecule has 0 saturated heterocycles. The molecule has 34 heavy (non-hydrogen) atoms. The highest BCUT2D eigenvalue weighted by molar-refractivity contribution is 6.04. The van der Waals surface area contributed by atoms with Crippen LogP contribution in [0.5, 0.6) is 5.75 Å². The van der Waals surface area contributed by atoms with Gasteiger partial charge in [0.15, 0.2) is 0 Å². The van der Waals surface area contributed by atoms with E-state index in [-0.39, 0.29) is 5.91 Å². The minimum atomic E-state index is -0.0758. The quantitative estimate of drug-likeness (QED) is 0.236. The summed E-state index contributed by atoms with van der Waals surface area (Å²) in [6.07, 6.45) is 3.85. The average molecular weight is 455 g/mol. The van der Waals surface area contributed by atoms with Crippen molar-refractivity contribution in [3.05, 3.63) is 96.2 Å². The third-order valence-corrected chi connectivity index (χ3v) is 5.50. The average Bonchev–Trinajstić information content (AvgIpc) is 3.28. The lowest BCUT2D eigenvalue weighted by molar-refractivity contribution is -0.119. The monoisotopic (exact) mass is 454 g/mol. The molecule has 0 aliphatic heterocycles. The molecule has 3 N–H and O–H groups in total. The number of anilines is 1. The number of carbonyl (C=O) groups is 1. The number of amides is 1. The summed E-state index contributed by atoms with van der Waals surface area (Å²) in [5.41, 5.74) is 4.28. The van der Waals surface area contributed by atoms with Crippen LogP contribution in [0.3, 0.4) is 0 Å². The molecule has 0 fully saturated rings. The molecule has 3 aromatic carbocycles. The molecular formula is C28H30N4O2. The smallest absolute Gasteiger partial charge is 0.226 e. The molecule has 1 aromatic heterocycles. The van der Waals surface area contributed by atoms with Gasteiger partial charge in [0.05, 0.1) is 6.61 Å². The SMILES string of the molecule is CCOc1ccc(NC(=NCCc2c[nH]c3ccccc23)NC(=O)CCc2ccccc2)cc1. The third-order valence-electron chi connectivity index (χ3n) is 5.50. The molecule has 1 heterocycles. The Hall–Kier alpha value is -4.06. The number of hydrogen-bond donors (Lipinski definition) is 3. The first kappa shape index (κ1) is 23.1. The van der Waals surface area contributed by atoms with E-state index in [0.717, 1.165) is 28.9 Å². The van der Waals surface area contributed by atoms with Crippen LogP contribution in [0.1, 0.15) is 24.5 Å². The number of guanidine groups is 1. The molecule has 174 valence electrons. The van der Waals surface area contributed by atoms with Gasteiger partial charge in [0, 0.05) is 35.8 Å². The van der Waals surface area contributed by atoms with Gasteiger partial charge in [-0.15, -0.1) is 0 Å². The summed E-state index contributed by atoms with van der Waals surface area (Å²) < 4.78 is 5.52. The van der Waals surface area contributed by atoms with Crippen LogP contribution in [-0.4, -0.2) is 30.0 Å². The van der Waals surface area contributed by atoms with Crippen LogP contribution in [0.2, 0.25) is 0 Å². The summed E-state index contributed by atoms with van der Waals surface area (Å²) in [5, 5.41) is 7.40. The molecule has 0 aliphatic rings. The Morgan fingerprint density at radius 3 is 2.50 bits per heavy atom. The molecule has 6 nitrogen and oxygen atoms in total. The second-order valence-electron chi connectivity index (χ2n) is 7.96. The number of rotatable bonds is 9. The van der Waals surface area contributed by atoms with Crippen molar-refractivity contribution in [2.24, 2.45) is 4.99 Å². The van der Waals surface area contributed by atoms with E-state index in [4.69, 9.17) is 4.74 Å². The fourth-order valence-corrected chi connectivity index (χ4v) is 3.77. The number of aliphatic imine (C=N–C) groups is 1. The first-order valence-corrected chi connectivity index (χ1v) is 11.6. The molecule has 0 bridgehead atoms. The fraction of sp³-hybridized carbons (Fsp3) is 0.214. The zero-order valence-electron chi connectivity index (χ0n) is 19.4. The van der Waals surface area contributed by atoms with Gasteiger partial charge >= 0.3 is 0 Å². The van der Waals surface area contributed by atoms with Crippen LogP contribution < -0.4 is 15.4 Å². The summed E-state index contributed by atoms with van der Waals surface area (Å²) in [6.45, 7) is 3.11. The van der Waals surface area contributed by atoms with Gasteiger partial charge in [0.25, 0.3) is 0 Å². The molecule has 4 aromatic rings. The molecule has 6 heteroatoms. The van der Waals surface area contributed by atoms with Gasteiger partial charge in [0.1, 0.15) is 5.75 Å². The number of aromatic nitrogens is 1. The van der Waals surface area contributed by atoms with Gasteiger partial charge in [0.2, 0.25) is 11.9 Å². The maximum absolute atomic E-state index is 12.7. The van der Waals surface area contributed by atoms with Crippen LogP contribution in [0.25, 0.3) is 10.9 Å². The number of aromatic amines is 1. The topological polar surface area (TPSA) is 78.5 Å². The van der Waals surface area contributed by atoms with Crippen molar-refractivity contribution in [1.82, 2.24) is 10.3 Å². The van der Waals surface area contributed by atoms with Gasteiger partial charge < -0.3 is 15.0 Å². The fourth-order valence-electron chi connectivity index (χ4n) is 3.77. The summed E-state index contributed by atoms with van der Waals surface area (Å²) in [4.78, 5) is 20.6. The minimum absolute atomic E-state index is 0.0758. The van der Waals surface area contributed by atoms with Crippen LogP contribution in [0.15, 0.2) is 90.1 Å². The lowest BCUT2D eigenvalue weighted by Gasteiger charge is -2.13. The maximum atomic E-state index is 12.7. The molecule has 0 unspecified atom stereocenters. The van der Waals surface area contributed by atoms with Crippen molar-refractivity contribution >= 4 is 28.5 Å². The summed E-state index contributed by atoms with van der Waals surface area (Å²) in [5.74, 6) is 1.17. The number of ether oxygens (including phenoxy) is 1. The number of hydrogen-bond acceptors (Lipinski definition) is 3. The lowest BCUT2D eigenvalue weighted by atomic mass is 10.1. The second-order valence-corrected chi connectivity index (χ2v) is 7.96. The van der Waals surface area contributed by atoms with Crippen molar-refractivity contribution in [3.8, 4) is 5.75 Å². The number of fused-ring (bicyclic) bond motifs is 1. The first-order chi connectivity index (χ1) is 16.7. The van der Waals surface area contributed by atoms with Crippen LogP contribution in [0, 0.1) is 0 Å². The minimum Gasteiger partial charge on any atom is -0.494 e. The number of benzene rings is 3. The molecule has 0 spiro atoms. The Bertz CT molecular complexity index is 1230. The van der Waals surface area contributed by atoms with Gasteiger partial charge in [-0.2, -0.15) is 0 Å². The van der Waals surface area contributed by atoms with E-state index in [0.29, 0.717) is 32.0 Å². The predicted molar refractivity (Wildman–Crippen MR) is 138 cm³/mol. The van der Waals surface area contributed by atoms with Gasteiger partial charge in [-0.3, -0.25) is 15.1 Å². The number of nitrogens with zero attached hydrogens (tertiary/aromatic N) is 1. The maximum Gasteiger partial charge on any atom is 0.226 e. The number of carbonyl (C=O) groups excluding carboxylic acids is 1. The number of H-pyrrole nitrogens is 1. The Labute approximate surface area is 200 Å². The van der Waals surface area contributed by atoms with Crippen molar-refractivity contribution in [2.45, 2.75) is 26.2 Å². The van der Waals surface area contributed by atoms with E-state index in [1.807, 2.05) is 79.9 Å². The summed E-state index contributed by atoms with van der Waals surface area (Å²) in [7, 11) is 0. The molecule has 0 saturated carbocycles.